The van der Waals surface area contributed by atoms with Gasteiger partial charge < -0.3 is 15.4 Å². The van der Waals surface area contributed by atoms with Crippen LogP contribution in [0.4, 0.5) is 4.79 Å². The Labute approximate surface area is 86.1 Å². The SMILES string of the molecule is Cc1cnc2[nH]cc(CNC(=O)O)c2c1. The van der Waals surface area contributed by atoms with E-state index in [0.29, 0.717) is 6.54 Å². The number of carboxylic acid groups (broad SMARTS) is 1. The third-order valence-electron chi connectivity index (χ3n) is 2.18. The average Bonchev–Trinajstić information content (AvgIpc) is 2.57. The normalized spacial score (nSPS) is 10.5. The number of aryl methyl sites for hydroxylation is 1. The molecule has 0 aliphatic heterocycles. The van der Waals surface area contributed by atoms with Crippen molar-refractivity contribution in [2.75, 3.05) is 0 Å². The van der Waals surface area contributed by atoms with Crippen molar-refractivity contribution in [2.24, 2.45) is 0 Å². The molecule has 5 heteroatoms. The molecule has 0 aromatic carbocycles. The summed E-state index contributed by atoms with van der Waals surface area (Å²) in [5.74, 6) is 0. The molecular weight excluding hydrogens is 194 g/mol. The number of aromatic nitrogens is 2. The number of aromatic amines is 1. The van der Waals surface area contributed by atoms with Gasteiger partial charge in [-0.05, 0) is 24.1 Å². The molecule has 0 aliphatic rings. The number of fused-ring (bicyclic) bond motifs is 1. The smallest absolute Gasteiger partial charge is 0.404 e. The zero-order valence-electron chi connectivity index (χ0n) is 8.24. The largest absolute Gasteiger partial charge is 0.465 e. The van der Waals surface area contributed by atoms with Crippen LogP contribution in [0.25, 0.3) is 11.0 Å². The second-order valence-electron chi connectivity index (χ2n) is 3.38. The Morgan fingerprint density at radius 3 is 3.20 bits per heavy atom. The van der Waals surface area contributed by atoms with Crippen LogP contribution >= 0.6 is 0 Å². The molecule has 0 unspecified atom stereocenters. The summed E-state index contributed by atoms with van der Waals surface area (Å²) in [6.45, 7) is 2.24. The molecular formula is C10H11N3O2. The highest BCUT2D eigenvalue weighted by Crippen LogP contribution is 2.16. The Hall–Kier alpha value is -2.04. The van der Waals surface area contributed by atoms with Gasteiger partial charge in [0, 0.05) is 24.3 Å². The third-order valence-corrected chi connectivity index (χ3v) is 2.18. The average molecular weight is 205 g/mol. The van der Waals surface area contributed by atoms with Crippen LogP contribution in [0.5, 0.6) is 0 Å². The molecule has 78 valence electrons. The molecule has 2 aromatic heterocycles. The minimum atomic E-state index is -1.02. The maximum atomic E-state index is 10.4. The van der Waals surface area contributed by atoms with Crippen LogP contribution in [0.15, 0.2) is 18.5 Å². The zero-order valence-corrected chi connectivity index (χ0v) is 8.24. The number of amides is 1. The lowest BCUT2D eigenvalue weighted by Gasteiger charge is -1.99. The van der Waals surface area contributed by atoms with E-state index in [9.17, 15) is 4.79 Å². The van der Waals surface area contributed by atoms with Crippen LogP contribution in [0.3, 0.4) is 0 Å². The second-order valence-corrected chi connectivity index (χ2v) is 3.38. The van der Waals surface area contributed by atoms with Gasteiger partial charge in [-0.3, -0.25) is 0 Å². The lowest BCUT2D eigenvalue weighted by molar-refractivity contribution is 0.194. The zero-order chi connectivity index (χ0) is 10.8. The maximum absolute atomic E-state index is 10.4. The van der Waals surface area contributed by atoms with Crippen molar-refractivity contribution < 1.29 is 9.90 Å². The van der Waals surface area contributed by atoms with Crippen LogP contribution in [-0.4, -0.2) is 21.2 Å². The fourth-order valence-electron chi connectivity index (χ4n) is 1.48. The molecule has 0 atom stereocenters. The number of carbonyl (C=O) groups is 1. The molecule has 0 fully saturated rings. The Bertz CT molecular complexity index is 504. The van der Waals surface area contributed by atoms with Gasteiger partial charge in [-0.2, -0.15) is 0 Å². The van der Waals surface area contributed by atoms with Crippen molar-refractivity contribution in [1.29, 1.82) is 0 Å². The lowest BCUT2D eigenvalue weighted by atomic mass is 10.2. The fourth-order valence-corrected chi connectivity index (χ4v) is 1.48. The van der Waals surface area contributed by atoms with Gasteiger partial charge >= 0.3 is 6.09 Å². The summed E-state index contributed by atoms with van der Waals surface area (Å²) in [7, 11) is 0. The van der Waals surface area contributed by atoms with Crippen LogP contribution < -0.4 is 5.32 Å². The van der Waals surface area contributed by atoms with Gasteiger partial charge in [0.2, 0.25) is 0 Å². The quantitative estimate of drug-likeness (QED) is 0.697. The highest BCUT2D eigenvalue weighted by Gasteiger charge is 2.05. The van der Waals surface area contributed by atoms with Gasteiger partial charge in [-0.1, -0.05) is 0 Å². The Balaban J connectivity index is 2.35. The van der Waals surface area contributed by atoms with E-state index >= 15 is 0 Å². The molecule has 2 rings (SSSR count). The first-order chi connectivity index (χ1) is 7.16. The summed E-state index contributed by atoms with van der Waals surface area (Å²) in [4.78, 5) is 17.6. The first kappa shape index (κ1) is 9.51. The van der Waals surface area contributed by atoms with Gasteiger partial charge in [0.05, 0.1) is 0 Å². The van der Waals surface area contributed by atoms with E-state index in [2.05, 4.69) is 15.3 Å². The molecule has 0 saturated carbocycles. The molecule has 0 aliphatic carbocycles. The van der Waals surface area contributed by atoms with Crippen molar-refractivity contribution in [3.8, 4) is 0 Å². The molecule has 3 N–H and O–H groups in total. The predicted octanol–water partition coefficient (Wildman–Crippen LogP) is 1.64. The van der Waals surface area contributed by atoms with Crippen molar-refractivity contribution in [1.82, 2.24) is 15.3 Å². The van der Waals surface area contributed by atoms with Gasteiger partial charge in [0.15, 0.2) is 0 Å². The monoisotopic (exact) mass is 205 g/mol. The topological polar surface area (TPSA) is 78.0 Å². The van der Waals surface area contributed by atoms with E-state index in [0.717, 1.165) is 22.2 Å². The van der Waals surface area contributed by atoms with E-state index in [4.69, 9.17) is 5.11 Å². The Morgan fingerprint density at radius 2 is 2.47 bits per heavy atom. The highest BCUT2D eigenvalue weighted by atomic mass is 16.4. The lowest BCUT2D eigenvalue weighted by Crippen LogP contribution is -2.19. The second kappa shape index (κ2) is 3.61. The van der Waals surface area contributed by atoms with Crippen LogP contribution in [-0.2, 0) is 6.54 Å². The van der Waals surface area contributed by atoms with Gasteiger partial charge in [-0.25, -0.2) is 9.78 Å². The summed E-state index contributed by atoms with van der Waals surface area (Å²) in [6.07, 6.45) is 2.52. The molecule has 0 radical (unpaired) electrons. The molecule has 0 saturated heterocycles. The molecule has 0 spiro atoms. The molecule has 5 nitrogen and oxygen atoms in total. The first-order valence-corrected chi connectivity index (χ1v) is 4.56. The Kier molecular flexibility index (Phi) is 2.29. The van der Waals surface area contributed by atoms with Crippen LogP contribution in [0, 0.1) is 6.92 Å². The molecule has 2 aromatic rings. The van der Waals surface area contributed by atoms with E-state index in [-0.39, 0.29) is 0 Å². The van der Waals surface area contributed by atoms with Gasteiger partial charge in [0.1, 0.15) is 5.65 Å². The van der Waals surface area contributed by atoms with E-state index in [1.54, 1.807) is 12.4 Å². The maximum Gasteiger partial charge on any atom is 0.404 e. The summed E-state index contributed by atoms with van der Waals surface area (Å²) >= 11 is 0. The van der Waals surface area contributed by atoms with E-state index in [1.807, 2.05) is 13.0 Å². The number of nitrogens with zero attached hydrogens (tertiary/aromatic N) is 1. The number of hydrogen-bond acceptors (Lipinski definition) is 2. The number of H-pyrrole nitrogens is 1. The fraction of sp³-hybridized carbons (Fsp3) is 0.200. The van der Waals surface area contributed by atoms with E-state index < -0.39 is 6.09 Å². The molecule has 2 heterocycles. The predicted molar refractivity (Wildman–Crippen MR) is 55.7 cm³/mol. The van der Waals surface area contributed by atoms with Crippen molar-refractivity contribution in [3.63, 3.8) is 0 Å². The standard InChI is InChI=1S/C10H11N3O2/c1-6-2-8-7(5-13-10(14)15)4-12-9(8)11-3-6/h2-4,13H,5H2,1H3,(H,11,12)(H,14,15). The van der Waals surface area contributed by atoms with Crippen molar-refractivity contribution in [3.05, 3.63) is 29.6 Å². The summed E-state index contributed by atoms with van der Waals surface area (Å²) in [5, 5.41) is 11.8. The highest BCUT2D eigenvalue weighted by molar-refractivity contribution is 5.80. The number of rotatable bonds is 2. The minimum Gasteiger partial charge on any atom is -0.465 e. The Morgan fingerprint density at radius 1 is 1.67 bits per heavy atom. The first-order valence-electron chi connectivity index (χ1n) is 4.56. The van der Waals surface area contributed by atoms with Crippen LogP contribution in [0.2, 0.25) is 0 Å². The number of pyridine rings is 1. The van der Waals surface area contributed by atoms with Gasteiger partial charge in [0.25, 0.3) is 0 Å². The summed E-state index contributed by atoms with van der Waals surface area (Å²) in [6, 6.07) is 1.98. The summed E-state index contributed by atoms with van der Waals surface area (Å²) < 4.78 is 0. The van der Waals surface area contributed by atoms with Crippen LogP contribution in [0.1, 0.15) is 11.1 Å². The van der Waals surface area contributed by atoms with Crippen molar-refractivity contribution >= 4 is 17.1 Å². The molecule has 0 bridgehead atoms. The molecule has 15 heavy (non-hydrogen) atoms. The van der Waals surface area contributed by atoms with Crippen molar-refractivity contribution in [2.45, 2.75) is 13.5 Å². The van der Waals surface area contributed by atoms with E-state index in [1.165, 1.54) is 0 Å². The van der Waals surface area contributed by atoms with Gasteiger partial charge in [-0.15, -0.1) is 0 Å². The molecule has 1 amide bonds. The third kappa shape index (κ3) is 1.90. The minimum absolute atomic E-state index is 0.292. The number of hydrogen-bond donors (Lipinski definition) is 3. The summed E-state index contributed by atoms with van der Waals surface area (Å²) in [5.41, 5.74) is 2.74. The number of nitrogens with one attached hydrogen (secondary N) is 2.